The first-order valence-corrected chi connectivity index (χ1v) is 8.11. The van der Waals surface area contributed by atoms with Crippen molar-refractivity contribution in [3.8, 4) is 0 Å². The van der Waals surface area contributed by atoms with Crippen LogP contribution in [0.4, 0.5) is 5.69 Å². The Morgan fingerprint density at radius 2 is 1.46 bits per heavy atom. The van der Waals surface area contributed by atoms with Gasteiger partial charge in [0.1, 0.15) is 0 Å². The first-order valence-electron chi connectivity index (χ1n) is 8.11. The lowest BCUT2D eigenvalue weighted by molar-refractivity contribution is -0.384. The number of esters is 1. The van der Waals surface area contributed by atoms with Crippen molar-refractivity contribution in [3.05, 3.63) is 111 Å². The summed E-state index contributed by atoms with van der Waals surface area (Å²) < 4.78 is 5.74. The molecule has 0 aliphatic carbocycles. The number of hydrogen-bond acceptors (Lipinski definition) is 4. The number of nitro benzene ring substituents is 1. The van der Waals surface area contributed by atoms with Crippen LogP contribution in [0.2, 0.25) is 0 Å². The van der Waals surface area contributed by atoms with Crippen molar-refractivity contribution in [2.45, 2.75) is 13.0 Å². The van der Waals surface area contributed by atoms with Gasteiger partial charge in [-0.15, -0.1) is 0 Å². The minimum Gasteiger partial charge on any atom is -0.449 e. The number of aryl methyl sites for hydroxylation is 1. The predicted molar refractivity (Wildman–Crippen MR) is 98.0 cm³/mol. The lowest BCUT2D eigenvalue weighted by atomic mass is 10.0. The summed E-state index contributed by atoms with van der Waals surface area (Å²) in [7, 11) is 0. The maximum absolute atomic E-state index is 12.6. The van der Waals surface area contributed by atoms with Crippen molar-refractivity contribution in [2.75, 3.05) is 0 Å². The molecule has 26 heavy (non-hydrogen) atoms. The molecule has 3 aromatic rings. The van der Waals surface area contributed by atoms with E-state index >= 15 is 0 Å². The molecule has 0 radical (unpaired) electrons. The van der Waals surface area contributed by atoms with Gasteiger partial charge in [0.05, 0.1) is 10.5 Å². The summed E-state index contributed by atoms with van der Waals surface area (Å²) in [6, 6.07) is 22.6. The highest BCUT2D eigenvalue weighted by Crippen LogP contribution is 2.27. The third-order valence-corrected chi connectivity index (χ3v) is 4.02. The second-order valence-corrected chi connectivity index (χ2v) is 5.91. The van der Waals surface area contributed by atoms with Crippen LogP contribution in [0.1, 0.15) is 33.2 Å². The Balaban J connectivity index is 1.89. The molecule has 130 valence electrons. The largest absolute Gasteiger partial charge is 0.449 e. The predicted octanol–water partition coefficient (Wildman–Crippen LogP) is 4.85. The molecule has 0 spiro atoms. The van der Waals surface area contributed by atoms with Crippen LogP contribution in [-0.2, 0) is 4.74 Å². The molecule has 5 heteroatoms. The molecule has 0 aromatic heterocycles. The summed E-state index contributed by atoms with van der Waals surface area (Å²) in [5, 5.41) is 10.7. The van der Waals surface area contributed by atoms with E-state index in [0.717, 1.165) is 16.7 Å². The van der Waals surface area contributed by atoms with E-state index in [0.29, 0.717) is 0 Å². The van der Waals surface area contributed by atoms with Gasteiger partial charge in [-0.2, -0.15) is 0 Å². The molecule has 0 N–H and O–H groups in total. The summed E-state index contributed by atoms with van der Waals surface area (Å²) in [5.41, 5.74) is 3.02. The lowest BCUT2D eigenvalue weighted by Crippen LogP contribution is -2.13. The highest BCUT2D eigenvalue weighted by Gasteiger charge is 2.20. The Kier molecular flexibility index (Phi) is 5.08. The lowest BCUT2D eigenvalue weighted by Gasteiger charge is -2.19. The van der Waals surface area contributed by atoms with Gasteiger partial charge in [-0.3, -0.25) is 10.1 Å². The van der Waals surface area contributed by atoms with Gasteiger partial charge < -0.3 is 4.74 Å². The first-order chi connectivity index (χ1) is 12.5. The summed E-state index contributed by atoms with van der Waals surface area (Å²) in [6.45, 7) is 1.99. The molecule has 0 heterocycles. The highest BCUT2D eigenvalue weighted by molar-refractivity contribution is 5.90. The molecular weight excluding hydrogens is 330 g/mol. The van der Waals surface area contributed by atoms with E-state index < -0.39 is 17.0 Å². The molecule has 5 nitrogen and oxygen atoms in total. The van der Waals surface area contributed by atoms with E-state index in [-0.39, 0.29) is 11.3 Å². The van der Waals surface area contributed by atoms with Crippen LogP contribution in [-0.4, -0.2) is 10.9 Å². The molecule has 0 fully saturated rings. The minimum absolute atomic E-state index is 0.0697. The van der Waals surface area contributed by atoms with Crippen molar-refractivity contribution in [1.82, 2.24) is 0 Å². The molecular formula is C21H17NO4. The maximum atomic E-state index is 12.6. The third-order valence-electron chi connectivity index (χ3n) is 4.02. The molecule has 0 unspecified atom stereocenters. The van der Waals surface area contributed by atoms with Gasteiger partial charge in [-0.25, -0.2) is 4.79 Å². The summed E-state index contributed by atoms with van der Waals surface area (Å²) in [4.78, 5) is 22.8. The van der Waals surface area contributed by atoms with Crippen molar-refractivity contribution >= 4 is 11.7 Å². The van der Waals surface area contributed by atoms with Crippen molar-refractivity contribution in [1.29, 1.82) is 0 Å². The van der Waals surface area contributed by atoms with E-state index in [4.69, 9.17) is 4.74 Å². The number of nitro groups is 1. The molecule has 0 bridgehead atoms. The summed E-state index contributed by atoms with van der Waals surface area (Å²) >= 11 is 0. The zero-order valence-electron chi connectivity index (χ0n) is 14.2. The van der Waals surface area contributed by atoms with Crippen LogP contribution in [0.15, 0.2) is 78.9 Å². The normalized spacial score (nSPS) is 11.6. The van der Waals surface area contributed by atoms with Crippen LogP contribution >= 0.6 is 0 Å². The summed E-state index contributed by atoms with van der Waals surface area (Å²) in [5.74, 6) is -0.533. The van der Waals surface area contributed by atoms with Crippen molar-refractivity contribution < 1.29 is 14.5 Å². The van der Waals surface area contributed by atoms with Gasteiger partial charge in [0.25, 0.3) is 5.69 Å². The Bertz CT molecular complexity index is 903. The minimum atomic E-state index is -0.556. The van der Waals surface area contributed by atoms with Crippen LogP contribution < -0.4 is 0 Å². The smallest absolute Gasteiger partial charge is 0.339 e. The maximum Gasteiger partial charge on any atom is 0.339 e. The van der Waals surface area contributed by atoms with Gasteiger partial charge >= 0.3 is 5.97 Å². The fraction of sp³-hybridized carbons (Fsp3) is 0.0952. The van der Waals surface area contributed by atoms with E-state index in [1.54, 1.807) is 0 Å². The molecule has 3 aromatic carbocycles. The number of benzene rings is 3. The van der Waals surface area contributed by atoms with E-state index in [2.05, 4.69) is 0 Å². The van der Waals surface area contributed by atoms with E-state index in [9.17, 15) is 14.9 Å². The molecule has 0 aliphatic rings. The van der Waals surface area contributed by atoms with E-state index in [1.807, 2.05) is 61.5 Å². The Labute approximate surface area is 151 Å². The molecule has 1 atom stereocenters. The number of carbonyl (C=O) groups excluding carboxylic acids is 1. The molecule has 3 rings (SSSR count). The number of carbonyl (C=O) groups is 1. The number of nitrogens with zero attached hydrogens (tertiary/aromatic N) is 1. The fourth-order valence-electron chi connectivity index (χ4n) is 2.59. The van der Waals surface area contributed by atoms with Crippen molar-refractivity contribution in [3.63, 3.8) is 0 Å². The molecule has 0 saturated carbocycles. The van der Waals surface area contributed by atoms with Gasteiger partial charge in [0.15, 0.2) is 6.10 Å². The van der Waals surface area contributed by atoms with Crippen LogP contribution in [0.3, 0.4) is 0 Å². The third kappa shape index (κ3) is 3.95. The SMILES string of the molecule is Cc1ccc([C@@H](OC(=O)c2ccc([N+](=O)[O-])cc2)c2ccccc2)cc1. The number of hydrogen-bond donors (Lipinski definition) is 0. The average Bonchev–Trinajstić information content (AvgIpc) is 2.67. The highest BCUT2D eigenvalue weighted by atomic mass is 16.6. The topological polar surface area (TPSA) is 69.4 Å². The number of ether oxygens (including phenoxy) is 1. The average molecular weight is 347 g/mol. The molecule has 0 saturated heterocycles. The van der Waals surface area contributed by atoms with Gasteiger partial charge in [-0.05, 0) is 30.2 Å². The van der Waals surface area contributed by atoms with Crippen LogP contribution in [0.25, 0.3) is 0 Å². The van der Waals surface area contributed by atoms with Crippen molar-refractivity contribution in [2.24, 2.45) is 0 Å². The van der Waals surface area contributed by atoms with Gasteiger partial charge in [0, 0.05) is 12.1 Å². The second kappa shape index (κ2) is 7.61. The number of non-ortho nitro benzene ring substituents is 1. The van der Waals surface area contributed by atoms with Crippen LogP contribution in [0.5, 0.6) is 0 Å². The zero-order chi connectivity index (χ0) is 18.5. The van der Waals surface area contributed by atoms with Gasteiger partial charge in [-0.1, -0.05) is 60.2 Å². The Morgan fingerprint density at radius 1 is 0.885 bits per heavy atom. The fourth-order valence-corrected chi connectivity index (χ4v) is 2.59. The first kappa shape index (κ1) is 17.4. The zero-order valence-corrected chi connectivity index (χ0v) is 14.2. The number of rotatable bonds is 5. The Morgan fingerprint density at radius 3 is 2.04 bits per heavy atom. The monoisotopic (exact) mass is 347 g/mol. The van der Waals surface area contributed by atoms with Crippen LogP contribution in [0, 0.1) is 17.0 Å². The quantitative estimate of drug-likeness (QED) is 0.376. The standard InChI is InChI=1S/C21H17NO4/c1-15-7-9-17(10-8-15)20(16-5-3-2-4-6-16)26-21(23)18-11-13-19(14-12-18)22(24)25/h2-14,20H,1H3/t20-/m0/s1. The van der Waals surface area contributed by atoms with E-state index in [1.165, 1.54) is 24.3 Å². The second-order valence-electron chi connectivity index (χ2n) is 5.91. The Hall–Kier alpha value is -3.47. The summed E-state index contributed by atoms with van der Waals surface area (Å²) in [6.07, 6.45) is -0.556. The molecule has 0 aliphatic heterocycles. The molecule has 0 amide bonds. The van der Waals surface area contributed by atoms with Gasteiger partial charge in [0.2, 0.25) is 0 Å².